The lowest BCUT2D eigenvalue weighted by Gasteiger charge is -2.33. The van der Waals surface area contributed by atoms with E-state index < -0.39 is 27.7 Å². The topological polar surface area (TPSA) is 106 Å². The molecule has 37 heavy (non-hydrogen) atoms. The predicted molar refractivity (Wildman–Crippen MR) is 145 cm³/mol. The second-order valence-corrected chi connectivity index (χ2v) is 11.2. The number of carbonyl (C=O) groups excluding carboxylic acids is 2. The molecule has 0 aliphatic heterocycles. The van der Waals surface area contributed by atoms with Gasteiger partial charge >= 0.3 is 0 Å². The summed E-state index contributed by atoms with van der Waals surface area (Å²) >= 11 is 0. The number of aryl methyl sites for hydroxylation is 1. The van der Waals surface area contributed by atoms with Crippen molar-refractivity contribution in [3.05, 3.63) is 52.3 Å². The molecule has 3 rings (SSSR count). The van der Waals surface area contributed by atoms with Gasteiger partial charge in [0.05, 0.1) is 22.7 Å². The van der Waals surface area contributed by atoms with Crippen molar-refractivity contribution in [1.82, 2.24) is 4.90 Å². The summed E-state index contributed by atoms with van der Waals surface area (Å²) in [6.07, 6.45) is 5.99. The smallest absolute Gasteiger partial charge is 0.229 e. The molecule has 1 heterocycles. The monoisotopic (exact) mass is 530 g/mol. The molecule has 0 saturated heterocycles. The van der Waals surface area contributed by atoms with Gasteiger partial charge in [0.15, 0.2) is 11.6 Å². The van der Waals surface area contributed by atoms with E-state index in [1.54, 1.807) is 43.3 Å². The molecule has 0 saturated carbocycles. The third kappa shape index (κ3) is 6.97. The van der Waals surface area contributed by atoms with Gasteiger partial charge in [-0.15, -0.1) is 0 Å². The number of fused-ring (bicyclic) bond motifs is 1. The summed E-state index contributed by atoms with van der Waals surface area (Å²) < 4.78 is 38.9. The molecule has 8 nitrogen and oxygen atoms in total. The van der Waals surface area contributed by atoms with E-state index in [1.165, 1.54) is 0 Å². The molecule has 0 amide bonds. The van der Waals surface area contributed by atoms with Gasteiger partial charge < -0.3 is 9.15 Å². The summed E-state index contributed by atoms with van der Waals surface area (Å²) in [6, 6.07) is 8.45. The summed E-state index contributed by atoms with van der Waals surface area (Å²) in [7, 11) is -3.70. The van der Waals surface area contributed by atoms with Crippen LogP contribution in [0.25, 0.3) is 11.6 Å². The Morgan fingerprint density at radius 1 is 1.11 bits per heavy atom. The Balaban J connectivity index is 2.12. The average molecular weight is 531 g/mol. The van der Waals surface area contributed by atoms with Gasteiger partial charge in [0, 0.05) is 18.7 Å². The van der Waals surface area contributed by atoms with Crippen LogP contribution in [0.15, 0.2) is 34.7 Å². The van der Waals surface area contributed by atoms with Crippen LogP contribution >= 0.6 is 0 Å². The Labute approximate surface area is 219 Å². The van der Waals surface area contributed by atoms with E-state index in [2.05, 4.69) is 23.5 Å². The Hall–Kier alpha value is -2.75. The number of sulfonamides is 1. The first-order valence-corrected chi connectivity index (χ1v) is 14.9. The van der Waals surface area contributed by atoms with Gasteiger partial charge in [0.2, 0.25) is 10.0 Å². The number of ether oxygens (including phenoxy) is 1. The fourth-order valence-corrected chi connectivity index (χ4v) is 5.13. The zero-order valence-corrected chi connectivity index (χ0v) is 23.2. The average Bonchev–Trinajstić information content (AvgIpc) is 3.16. The van der Waals surface area contributed by atoms with E-state index in [0.29, 0.717) is 12.0 Å². The summed E-state index contributed by atoms with van der Waals surface area (Å²) in [5, 5.41) is 0.156. The maximum atomic E-state index is 13.9. The minimum absolute atomic E-state index is 0.0967. The first-order valence-electron chi connectivity index (χ1n) is 13.0. The summed E-state index contributed by atoms with van der Waals surface area (Å²) in [6.45, 7) is 9.58. The number of nitrogens with zero attached hydrogens (tertiary/aromatic N) is 1. The highest BCUT2D eigenvalue weighted by Gasteiger charge is 2.35. The second-order valence-electron chi connectivity index (χ2n) is 9.41. The lowest BCUT2D eigenvalue weighted by molar-refractivity contribution is -0.133. The molecule has 2 aromatic rings. The quantitative estimate of drug-likeness (QED) is 0.295. The SMILES string of the molecule is CCCCN(CCCC)C(CC)OC1C=c2oc(C)c(NS(C)(=O)=O)c2=C(C(=O)c2ccccc2)C1=O. The van der Waals surface area contributed by atoms with E-state index in [9.17, 15) is 18.0 Å². The highest BCUT2D eigenvalue weighted by Crippen LogP contribution is 2.22. The molecule has 1 aliphatic rings. The third-order valence-corrected chi connectivity index (χ3v) is 6.95. The van der Waals surface area contributed by atoms with Crippen LogP contribution in [0.2, 0.25) is 0 Å². The molecule has 2 unspecified atom stereocenters. The summed E-state index contributed by atoms with van der Waals surface area (Å²) in [5.41, 5.74) is 0.525. The fraction of sp³-hybridized carbons (Fsp3) is 0.500. The number of benzene rings is 1. The van der Waals surface area contributed by atoms with Crippen molar-refractivity contribution in [3.8, 4) is 0 Å². The molecule has 9 heteroatoms. The van der Waals surface area contributed by atoms with Crippen LogP contribution in [0.1, 0.15) is 69.0 Å². The van der Waals surface area contributed by atoms with Gasteiger partial charge in [-0.05, 0) is 32.3 Å². The van der Waals surface area contributed by atoms with Crippen molar-refractivity contribution >= 4 is 38.9 Å². The van der Waals surface area contributed by atoms with Crippen LogP contribution in [-0.4, -0.2) is 56.6 Å². The summed E-state index contributed by atoms with van der Waals surface area (Å²) in [4.78, 5) is 29.8. The number of furan rings is 1. The van der Waals surface area contributed by atoms with Crippen LogP contribution in [0.4, 0.5) is 5.69 Å². The Kier molecular flexibility index (Phi) is 9.87. The summed E-state index contributed by atoms with van der Waals surface area (Å²) in [5.74, 6) is -0.756. The van der Waals surface area contributed by atoms with Gasteiger partial charge in [-0.1, -0.05) is 63.9 Å². The first-order chi connectivity index (χ1) is 17.6. The highest BCUT2D eigenvalue weighted by atomic mass is 32.2. The van der Waals surface area contributed by atoms with E-state index in [1.807, 2.05) is 6.92 Å². The van der Waals surface area contributed by atoms with E-state index in [4.69, 9.17) is 9.15 Å². The third-order valence-electron chi connectivity index (χ3n) is 6.38. The Morgan fingerprint density at radius 2 is 1.73 bits per heavy atom. The van der Waals surface area contributed by atoms with E-state index in [0.717, 1.165) is 45.0 Å². The molecule has 1 aromatic heterocycles. The van der Waals surface area contributed by atoms with Crippen molar-refractivity contribution in [2.24, 2.45) is 0 Å². The standard InChI is InChI=1S/C28H38N2O6S/c1-6-9-16-30(17-10-7-2)23(8-3)36-22-18-21-24(26(19(4)35-21)29-37(5,33)34)25(28(22)32)27(31)20-14-12-11-13-15-20/h11-15,18,22-23,29H,6-10,16-17H2,1-5H3. The van der Waals surface area contributed by atoms with Crippen molar-refractivity contribution < 1.29 is 27.2 Å². The van der Waals surface area contributed by atoms with E-state index in [-0.39, 0.29) is 33.9 Å². The van der Waals surface area contributed by atoms with Crippen LogP contribution < -0.4 is 15.4 Å². The van der Waals surface area contributed by atoms with Crippen molar-refractivity contribution in [1.29, 1.82) is 0 Å². The normalized spacial score (nSPS) is 16.4. The van der Waals surface area contributed by atoms with Crippen LogP contribution in [0.3, 0.4) is 0 Å². The van der Waals surface area contributed by atoms with Crippen LogP contribution in [0, 0.1) is 6.92 Å². The zero-order chi connectivity index (χ0) is 27.2. The lowest BCUT2D eigenvalue weighted by atomic mass is 9.92. The number of nitrogens with one attached hydrogen (secondary N) is 1. The number of anilines is 1. The molecule has 0 radical (unpaired) electrons. The van der Waals surface area contributed by atoms with Gasteiger partial charge in [-0.3, -0.25) is 19.2 Å². The minimum Gasteiger partial charge on any atom is -0.459 e. The molecule has 1 aliphatic carbocycles. The van der Waals surface area contributed by atoms with Gasteiger partial charge in [0.1, 0.15) is 23.5 Å². The number of hydrogen-bond donors (Lipinski definition) is 1. The predicted octanol–water partition coefficient (Wildman–Crippen LogP) is 3.38. The molecule has 0 spiro atoms. The Bertz CT molecular complexity index is 1320. The number of rotatable bonds is 14. The van der Waals surface area contributed by atoms with E-state index >= 15 is 0 Å². The number of ketones is 2. The van der Waals surface area contributed by atoms with Crippen molar-refractivity contribution in [2.75, 3.05) is 24.1 Å². The fourth-order valence-electron chi connectivity index (χ4n) is 4.51. The largest absolute Gasteiger partial charge is 0.459 e. The van der Waals surface area contributed by atoms with Crippen LogP contribution in [0.5, 0.6) is 0 Å². The highest BCUT2D eigenvalue weighted by molar-refractivity contribution is 7.92. The molecule has 2 atom stereocenters. The number of Topliss-reactive ketones (excluding diaryl/α,β-unsaturated/α-hetero) is 2. The van der Waals surface area contributed by atoms with Crippen LogP contribution in [-0.2, 0) is 19.6 Å². The maximum Gasteiger partial charge on any atom is 0.229 e. The molecule has 0 fully saturated rings. The second kappa shape index (κ2) is 12.7. The van der Waals surface area contributed by atoms with Gasteiger partial charge in [0.25, 0.3) is 0 Å². The molecule has 0 bridgehead atoms. The van der Waals surface area contributed by atoms with Crippen molar-refractivity contribution in [2.45, 2.75) is 72.1 Å². The molecule has 1 aromatic carbocycles. The maximum absolute atomic E-state index is 13.9. The number of carbonyl (C=O) groups is 2. The number of hydrogen-bond acceptors (Lipinski definition) is 7. The van der Waals surface area contributed by atoms with Crippen molar-refractivity contribution in [3.63, 3.8) is 0 Å². The molecular formula is C28H38N2O6S. The first kappa shape index (κ1) is 28.8. The van der Waals surface area contributed by atoms with Gasteiger partial charge in [-0.2, -0.15) is 0 Å². The minimum atomic E-state index is -3.70. The Morgan fingerprint density at radius 3 is 2.27 bits per heavy atom. The molecule has 1 N–H and O–H groups in total. The molecular weight excluding hydrogens is 492 g/mol. The zero-order valence-electron chi connectivity index (χ0n) is 22.4. The number of unbranched alkanes of at least 4 members (excludes halogenated alkanes) is 2. The molecule has 202 valence electrons. The lowest BCUT2D eigenvalue weighted by Crippen LogP contribution is -2.47. The van der Waals surface area contributed by atoms with Gasteiger partial charge in [-0.25, -0.2) is 8.42 Å².